The Morgan fingerprint density at radius 1 is 1.27 bits per heavy atom. The zero-order chi connectivity index (χ0) is 8.74. The molecule has 0 unspecified atom stereocenters. The Balaban J connectivity index is 3.30. The first kappa shape index (κ1) is 10.9. The lowest BCUT2D eigenvalue weighted by Gasteiger charge is -1.98. The van der Waals surface area contributed by atoms with E-state index in [2.05, 4.69) is 18.7 Å². The number of hydrogen-bond donors (Lipinski definition) is 0. The zero-order valence-corrected chi connectivity index (χ0v) is 8.98. The van der Waals surface area contributed by atoms with Crippen LogP contribution in [-0.4, -0.2) is 13.1 Å². The van der Waals surface area contributed by atoms with E-state index in [1.807, 2.05) is 13.1 Å². The third-order valence-corrected chi connectivity index (χ3v) is 2.58. The summed E-state index contributed by atoms with van der Waals surface area (Å²) >= 11 is 0. The van der Waals surface area contributed by atoms with Gasteiger partial charge in [0, 0.05) is 13.1 Å². The molecule has 0 aromatic rings. The van der Waals surface area contributed by atoms with E-state index >= 15 is 0 Å². The molecule has 0 aliphatic carbocycles. The summed E-state index contributed by atoms with van der Waals surface area (Å²) in [5, 5.41) is 0. The van der Waals surface area contributed by atoms with Crippen molar-refractivity contribution in [1.82, 2.24) is 0 Å². The van der Waals surface area contributed by atoms with Gasteiger partial charge in [0.2, 0.25) is 0 Å². The van der Waals surface area contributed by atoms with E-state index in [-0.39, 0.29) is 0 Å². The molecular weight excluding hydrogens is 152 g/mol. The predicted octanol–water partition coefficient (Wildman–Crippen LogP) is 2.59. The summed E-state index contributed by atoms with van der Waals surface area (Å²) in [6.45, 7) is 6.31. The second kappa shape index (κ2) is 5.55. The maximum atomic E-state index is 7.66. The molecule has 0 fully saturated rings. The van der Waals surface area contributed by atoms with Crippen molar-refractivity contribution in [3.63, 3.8) is 0 Å². The SMILES string of the molecule is CCCCC/C=C/[Si](C)(C)[OH2+]. The van der Waals surface area contributed by atoms with E-state index in [1.165, 1.54) is 25.7 Å². The predicted molar refractivity (Wildman–Crippen MR) is 54.4 cm³/mol. The quantitative estimate of drug-likeness (QED) is 0.346. The molecule has 0 aromatic heterocycles. The second-order valence-electron chi connectivity index (χ2n) is 3.62. The van der Waals surface area contributed by atoms with E-state index in [1.54, 1.807) is 0 Å². The molecule has 0 spiro atoms. The summed E-state index contributed by atoms with van der Waals surface area (Å²) in [6, 6.07) is 0. The van der Waals surface area contributed by atoms with Crippen LogP contribution in [0.4, 0.5) is 0 Å². The van der Waals surface area contributed by atoms with Gasteiger partial charge in [0.1, 0.15) is 0 Å². The van der Waals surface area contributed by atoms with Gasteiger partial charge in [-0.1, -0.05) is 25.8 Å². The molecule has 0 aliphatic heterocycles. The third-order valence-electron chi connectivity index (χ3n) is 1.51. The fourth-order valence-corrected chi connectivity index (χ4v) is 1.65. The summed E-state index contributed by atoms with van der Waals surface area (Å²) in [6.07, 6.45) is 7.26. The molecule has 0 saturated carbocycles. The van der Waals surface area contributed by atoms with Gasteiger partial charge in [0.25, 0.3) is 0 Å². The minimum Gasteiger partial charge on any atom is -0.539 e. The molecule has 0 aromatic carbocycles. The molecule has 0 atom stereocenters. The average Bonchev–Trinajstić information content (AvgIpc) is 1.85. The third kappa shape index (κ3) is 9.92. The highest BCUT2D eigenvalue weighted by molar-refractivity contribution is 6.74. The van der Waals surface area contributed by atoms with Crippen LogP contribution in [-0.2, 0) is 0 Å². The molecular formula is C9H21OSi+. The Morgan fingerprint density at radius 3 is 2.36 bits per heavy atom. The highest BCUT2D eigenvalue weighted by atomic mass is 28.4. The Hall–Kier alpha value is -0.0831. The van der Waals surface area contributed by atoms with Gasteiger partial charge in [-0.05, 0) is 18.5 Å². The molecule has 11 heavy (non-hydrogen) atoms. The van der Waals surface area contributed by atoms with E-state index in [4.69, 9.17) is 4.80 Å². The Morgan fingerprint density at radius 2 is 1.91 bits per heavy atom. The number of rotatable bonds is 5. The first-order chi connectivity index (χ1) is 5.06. The van der Waals surface area contributed by atoms with Crippen LogP contribution in [0.1, 0.15) is 32.6 Å². The molecule has 2 N–H and O–H groups in total. The number of allylic oxidation sites excluding steroid dienone is 1. The molecule has 0 bridgehead atoms. The number of hydrogen-bond acceptors (Lipinski definition) is 0. The summed E-state index contributed by atoms with van der Waals surface area (Å²) in [7, 11) is -1.65. The second-order valence-corrected chi connectivity index (χ2v) is 7.40. The van der Waals surface area contributed by atoms with Crippen molar-refractivity contribution >= 4 is 8.32 Å². The van der Waals surface area contributed by atoms with Crippen LogP contribution in [0.5, 0.6) is 0 Å². The lowest BCUT2D eigenvalue weighted by Crippen LogP contribution is -2.21. The smallest absolute Gasteiger partial charge is 0.403 e. The van der Waals surface area contributed by atoms with Crippen LogP contribution in [0.3, 0.4) is 0 Å². The first-order valence-electron chi connectivity index (χ1n) is 4.49. The Kier molecular flexibility index (Phi) is 5.51. The minimum absolute atomic E-state index is 1.17. The zero-order valence-electron chi connectivity index (χ0n) is 7.98. The fourth-order valence-electron chi connectivity index (χ4n) is 0.890. The lowest BCUT2D eigenvalue weighted by atomic mass is 10.2. The number of unbranched alkanes of at least 4 members (excludes halogenated alkanes) is 3. The minimum atomic E-state index is -1.65. The van der Waals surface area contributed by atoms with Crippen LogP contribution >= 0.6 is 0 Å². The van der Waals surface area contributed by atoms with Crippen molar-refractivity contribution in [3.8, 4) is 0 Å². The van der Waals surface area contributed by atoms with Crippen LogP contribution in [0.2, 0.25) is 13.1 Å². The van der Waals surface area contributed by atoms with Gasteiger partial charge >= 0.3 is 8.32 Å². The largest absolute Gasteiger partial charge is 0.539 e. The van der Waals surface area contributed by atoms with E-state index in [0.29, 0.717) is 0 Å². The molecule has 0 radical (unpaired) electrons. The Bertz CT molecular complexity index is 113. The summed E-state index contributed by atoms with van der Waals surface area (Å²) in [5.41, 5.74) is 2.11. The molecule has 66 valence electrons. The summed E-state index contributed by atoms with van der Waals surface area (Å²) in [4.78, 5) is 7.66. The molecule has 0 rings (SSSR count). The Labute approximate surface area is 71.3 Å². The molecule has 0 saturated heterocycles. The van der Waals surface area contributed by atoms with Crippen LogP contribution < -0.4 is 0 Å². The highest BCUT2D eigenvalue weighted by Crippen LogP contribution is 2.03. The van der Waals surface area contributed by atoms with Crippen molar-refractivity contribution in [3.05, 3.63) is 11.8 Å². The van der Waals surface area contributed by atoms with Gasteiger partial charge in [-0.3, -0.25) is 0 Å². The maximum Gasteiger partial charge on any atom is 0.403 e. The van der Waals surface area contributed by atoms with Gasteiger partial charge < -0.3 is 4.80 Å². The van der Waals surface area contributed by atoms with Crippen LogP contribution in [0.25, 0.3) is 0 Å². The van der Waals surface area contributed by atoms with Crippen molar-refractivity contribution in [2.45, 2.75) is 45.7 Å². The fraction of sp³-hybridized carbons (Fsp3) is 0.778. The molecule has 0 amide bonds. The summed E-state index contributed by atoms with van der Waals surface area (Å²) < 4.78 is 0. The van der Waals surface area contributed by atoms with Crippen molar-refractivity contribution in [1.29, 1.82) is 0 Å². The normalized spacial score (nSPS) is 12.7. The van der Waals surface area contributed by atoms with Gasteiger partial charge in [-0.2, -0.15) is 0 Å². The molecule has 0 heterocycles. The standard InChI is InChI=1S/C9H20OSi/c1-4-5-6-7-8-9-11(2,3)10/h8-10H,4-7H2,1-3H3/p+1/b9-8+. The monoisotopic (exact) mass is 173 g/mol. The highest BCUT2D eigenvalue weighted by Gasteiger charge is 2.20. The van der Waals surface area contributed by atoms with Gasteiger partial charge in [0.05, 0.1) is 0 Å². The van der Waals surface area contributed by atoms with Gasteiger partial charge in [-0.25, -0.2) is 0 Å². The maximum absolute atomic E-state index is 7.66. The molecule has 0 aliphatic rings. The van der Waals surface area contributed by atoms with Gasteiger partial charge in [-0.15, -0.1) is 0 Å². The van der Waals surface area contributed by atoms with E-state index in [9.17, 15) is 0 Å². The van der Waals surface area contributed by atoms with E-state index in [0.717, 1.165) is 0 Å². The van der Waals surface area contributed by atoms with Crippen molar-refractivity contribution in [2.75, 3.05) is 0 Å². The van der Waals surface area contributed by atoms with E-state index < -0.39 is 8.32 Å². The summed E-state index contributed by atoms with van der Waals surface area (Å²) in [5.74, 6) is 0. The van der Waals surface area contributed by atoms with Crippen LogP contribution in [0.15, 0.2) is 11.8 Å². The lowest BCUT2D eigenvalue weighted by molar-refractivity contribution is 0.567. The molecule has 1 nitrogen and oxygen atoms in total. The van der Waals surface area contributed by atoms with Gasteiger partial charge in [0.15, 0.2) is 0 Å². The topological polar surface area (TPSA) is 22.9 Å². The van der Waals surface area contributed by atoms with Crippen molar-refractivity contribution < 1.29 is 4.80 Å². The molecule has 2 heteroatoms. The first-order valence-corrected chi connectivity index (χ1v) is 7.56. The van der Waals surface area contributed by atoms with Crippen molar-refractivity contribution in [2.24, 2.45) is 0 Å². The van der Waals surface area contributed by atoms with Crippen LogP contribution in [0, 0.1) is 0 Å². The average molecular weight is 173 g/mol.